The maximum absolute atomic E-state index is 5.48. The van der Waals surface area contributed by atoms with Crippen LogP contribution in [0.2, 0.25) is 0 Å². The zero-order valence-electron chi connectivity index (χ0n) is 5.34. The van der Waals surface area contributed by atoms with Gasteiger partial charge in [-0.15, -0.1) is 0 Å². The van der Waals surface area contributed by atoms with Gasteiger partial charge < -0.3 is 11.5 Å². The average Bonchev–Trinajstić information content (AvgIpc) is 1.95. The van der Waals surface area contributed by atoms with E-state index in [2.05, 4.69) is 27.6 Å². The summed E-state index contributed by atoms with van der Waals surface area (Å²) in [5, 5.41) is 0. The average molecular weight is 249 g/mol. The predicted molar refractivity (Wildman–Crippen MR) is 49.3 cm³/mol. The minimum absolute atomic E-state index is 0.517. The molecule has 0 amide bonds. The zero-order valence-corrected chi connectivity index (χ0v) is 7.50. The molecule has 0 aliphatic rings. The largest absolute Gasteiger partial charge is 0.383 e. The van der Waals surface area contributed by atoms with Crippen molar-refractivity contribution in [3.63, 3.8) is 0 Å². The van der Waals surface area contributed by atoms with E-state index in [1.165, 1.54) is 0 Å². The van der Waals surface area contributed by atoms with Crippen molar-refractivity contribution in [1.82, 2.24) is 4.98 Å². The Hall–Kier alpha value is -0.360. The Morgan fingerprint density at radius 2 is 2.30 bits per heavy atom. The summed E-state index contributed by atoms with van der Waals surface area (Å²) in [6.07, 6.45) is 1.69. The summed E-state index contributed by atoms with van der Waals surface area (Å²) >= 11 is 2.13. The molecule has 0 bridgehead atoms. The molecule has 4 N–H and O–H groups in total. The van der Waals surface area contributed by atoms with Crippen LogP contribution in [0, 0.1) is 3.57 Å². The molecule has 0 radical (unpaired) electrons. The molecule has 1 heterocycles. The molecule has 3 nitrogen and oxygen atoms in total. The molecule has 10 heavy (non-hydrogen) atoms. The quantitative estimate of drug-likeness (QED) is 0.721. The fourth-order valence-corrected chi connectivity index (χ4v) is 1.14. The van der Waals surface area contributed by atoms with Gasteiger partial charge in [0.1, 0.15) is 5.82 Å². The van der Waals surface area contributed by atoms with Gasteiger partial charge in [-0.2, -0.15) is 0 Å². The number of pyridine rings is 1. The highest BCUT2D eigenvalue weighted by molar-refractivity contribution is 14.1. The second kappa shape index (κ2) is 3.16. The van der Waals surface area contributed by atoms with Crippen LogP contribution in [0.3, 0.4) is 0 Å². The topological polar surface area (TPSA) is 64.9 Å². The molecule has 1 aromatic rings. The normalized spacial score (nSPS) is 9.80. The number of nitrogen functional groups attached to an aromatic ring is 1. The lowest BCUT2D eigenvalue weighted by Crippen LogP contribution is -2.00. The third-order valence-corrected chi connectivity index (χ3v) is 2.03. The van der Waals surface area contributed by atoms with E-state index in [1.54, 1.807) is 6.20 Å². The summed E-state index contributed by atoms with van der Waals surface area (Å²) in [5.74, 6) is 0.567. The lowest BCUT2D eigenvalue weighted by Gasteiger charge is -1.98. The molecular weight excluding hydrogens is 241 g/mol. The Morgan fingerprint density at radius 1 is 1.60 bits per heavy atom. The van der Waals surface area contributed by atoms with Crippen molar-refractivity contribution >= 4 is 28.4 Å². The van der Waals surface area contributed by atoms with E-state index in [0.29, 0.717) is 12.4 Å². The molecule has 0 aliphatic carbocycles. The first-order chi connectivity index (χ1) is 4.74. The molecule has 0 spiro atoms. The molecule has 0 aliphatic heterocycles. The highest BCUT2D eigenvalue weighted by atomic mass is 127. The van der Waals surface area contributed by atoms with Crippen molar-refractivity contribution < 1.29 is 0 Å². The van der Waals surface area contributed by atoms with Crippen LogP contribution in [0.25, 0.3) is 0 Å². The lowest BCUT2D eigenvalue weighted by molar-refractivity contribution is 1.05. The van der Waals surface area contributed by atoms with Crippen LogP contribution < -0.4 is 11.5 Å². The molecule has 0 aromatic carbocycles. The summed E-state index contributed by atoms with van der Waals surface area (Å²) in [6.45, 7) is 0.517. The monoisotopic (exact) mass is 249 g/mol. The molecule has 0 unspecified atom stereocenters. The molecule has 0 saturated carbocycles. The SMILES string of the molecule is NCc1cnc(N)c(I)c1. The third kappa shape index (κ3) is 1.57. The van der Waals surface area contributed by atoms with Gasteiger partial charge in [0.05, 0.1) is 3.57 Å². The number of nitrogens with two attached hydrogens (primary N) is 2. The number of hydrogen-bond donors (Lipinski definition) is 2. The molecule has 4 heteroatoms. The van der Waals surface area contributed by atoms with Crippen LogP contribution in [0.1, 0.15) is 5.56 Å². The standard InChI is InChI=1S/C6H8IN3/c7-5-1-4(2-8)3-10-6(5)9/h1,3H,2,8H2,(H2,9,10). The molecule has 1 aromatic heterocycles. The second-order valence-corrected chi connectivity index (χ2v) is 3.08. The zero-order chi connectivity index (χ0) is 7.56. The predicted octanol–water partition coefficient (Wildman–Crippen LogP) is 0.727. The Bertz CT molecular complexity index is 236. The van der Waals surface area contributed by atoms with Gasteiger partial charge >= 0.3 is 0 Å². The van der Waals surface area contributed by atoms with Crippen molar-refractivity contribution in [3.05, 3.63) is 21.4 Å². The van der Waals surface area contributed by atoms with E-state index in [-0.39, 0.29) is 0 Å². The van der Waals surface area contributed by atoms with Crippen molar-refractivity contribution in [2.45, 2.75) is 6.54 Å². The van der Waals surface area contributed by atoms with Gasteiger partial charge in [0.25, 0.3) is 0 Å². The van der Waals surface area contributed by atoms with Crippen molar-refractivity contribution in [1.29, 1.82) is 0 Å². The number of halogens is 1. The van der Waals surface area contributed by atoms with Crippen LogP contribution in [0.15, 0.2) is 12.3 Å². The number of anilines is 1. The van der Waals surface area contributed by atoms with E-state index in [0.717, 1.165) is 9.13 Å². The maximum atomic E-state index is 5.48. The molecule has 0 saturated heterocycles. The van der Waals surface area contributed by atoms with E-state index in [9.17, 15) is 0 Å². The van der Waals surface area contributed by atoms with E-state index in [1.807, 2.05) is 6.07 Å². The molecule has 0 atom stereocenters. The first kappa shape index (κ1) is 7.74. The first-order valence-corrected chi connectivity index (χ1v) is 3.92. The summed E-state index contributed by atoms with van der Waals surface area (Å²) < 4.78 is 0.959. The van der Waals surface area contributed by atoms with Crippen LogP contribution in [-0.4, -0.2) is 4.98 Å². The number of aromatic nitrogens is 1. The van der Waals surface area contributed by atoms with Crippen molar-refractivity contribution in [3.8, 4) is 0 Å². The molecule has 0 fully saturated rings. The van der Waals surface area contributed by atoms with E-state index in [4.69, 9.17) is 11.5 Å². The fourth-order valence-electron chi connectivity index (χ4n) is 0.600. The summed E-state index contributed by atoms with van der Waals surface area (Å²) in [4.78, 5) is 3.94. The van der Waals surface area contributed by atoms with Crippen LogP contribution in [-0.2, 0) is 6.54 Å². The first-order valence-electron chi connectivity index (χ1n) is 2.84. The van der Waals surface area contributed by atoms with Crippen LogP contribution in [0.4, 0.5) is 5.82 Å². The van der Waals surface area contributed by atoms with Crippen molar-refractivity contribution in [2.24, 2.45) is 5.73 Å². The second-order valence-electron chi connectivity index (χ2n) is 1.91. The van der Waals surface area contributed by atoms with Crippen LogP contribution >= 0.6 is 22.6 Å². The minimum Gasteiger partial charge on any atom is -0.383 e. The Balaban J connectivity index is 3.04. The van der Waals surface area contributed by atoms with E-state index >= 15 is 0 Å². The minimum atomic E-state index is 0.517. The van der Waals surface area contributed by atoms with Gasteiger partial charge in [-0.3, -0.25) is 0 Å². The number of hydrogen-bond acceptors (Lipinski definition) is 3. The van der Waals surface area contributed by atoms with Crippen LogP contribution in [0.5, 0.6) is 0 Å². The number of rotatable bonds is 1. The summed E-state index contributed by atoms with van der Waals surface area (Å²) in [6, 6.07) is 1.93. The highest BCUT2D eigenvalue weighted by Crippen LogP contribution is 2.12. The number of nitrogens with zero attached hydrogens (tertiary/aromatic N) is 1. The molecule has 1 rings (SSSR count). The molecule has 54 valence electrons. The summed E-state index contributed by atoms with van der Waals surface area (Å²) in [5.41, 5.74) is 11.9. The fraction of sp³-hybridized carbons (Fsp3) is 0.167. The van der Waals surface area contributed by atoms with Gasteiger partial charge in [0, 0.05) is 12.7 Å². The molecular formula is C6H8IN3. The van der Waals surface area contributed by atoms with Gasteiger partial charge in [0.15, 0.2) is 0 Å². The Kier molecular flexibility index (Phi) is 2.44. The lowest BCUT2D eigenvalue weighted by atomic mass is 10.3. The smallest absolute Gasteiger partial charge is 0.136 e. The van der Waals surface area contributed by atoms with Gasteiger partial charge in [-0.1, -0.05) is 0 Å². The Morgan fingerprint density at radius 3 is 2.80 bits per heavy atom. The van der Waals surface area contributed by atoms with Gasteiger partial charge in [-0.05, 0) is 34.2 Å². The maximum Gasteiger partial charge on any atom is 0.136 e. The third-order valence-electron chi connectivity index (χ3n) is 1.16. The van der Waals surface area contributed by atoms with E-state index < -0.39 is 0 Å². The van der Waals surface area contributed by atoms with Gasteiger partial charge in [-0.25, -0.2) is 4.98 Å². The highest BCUT2D eigenvalue weighted by Gasteiger charge is 1.96. The Labute approximate surface area is 73.0 Å². The van der Waals surface area contributed by atoms with Gasteiger partial charge in [0.2, 0.25) is 0 Å². The summed E-state index contributed by atoms with van der Waals surface area (Å²) in [7, 11) is 0. The van der Waals surface area contributed by atoms with Crippen molar-refractivity contribution in [2.75, 3.05) is 5.73 Å².